The molecular formula is C22H27ClN2O2. The summed E-state index contributed by atoms with van der Waals surface area (Å²) < 4.78 is 5.80. The summed E-state index contributed by atoms with van der Waals surface area (Å²) in [5.41, 5.74) is 3.86. The van der Waals surface area contributed by atoms with E-state index in [-0.39, 0.29) is 5.91 Å². The number of hydrogen-bond acceptors (Lipinski definition) is 3. The molecule has 0 aromatic heterocycles. The molecule has 1 atom stereocenters. The molecule has 0 unspecified atom stereocenters. The third-order valence-corrected chi connectivity index (χ3v) is 5.54. The van der Waals surface area contributed by atoms with Crippen molar-refractivity contribution in [3.05, 3.63) is 52.5 Å². The lowest BCUT2D eigenvalue weighted by atomic mass is 10.1. The fourth-order valence-corrected chi connectivity index (χ4v) is 3.49. The summed E-state index contributed by atoms with van der Waals surface area (Å²) in [4.78, 5) is 14.9. The predicted octanol–water partition coefficient (Wildman–Crippen LogP) is 5.35. The Morgan fingerprint density at radius 2 is 1.67 bits per heavy atom. The molecule has 1 aliphatic heterocycles. The number of ether oxygens (including phenoxy) is 1. The fourth-order valence-electron chi connectivity index (χ4n) is 3.38. The van der Waals surface area contributed by atoms with E-state index in [1.165, 1.54) is 24.9 Å². The Labute approximate surface area is 166 Å². The number of amides is 1. The highest BCUT2D eigenvalue weighted by molar-refractivity contribution is 6.32. The van der Waals surface area contributed by atoms with Crippen molar-refractivity contribution in [3.63, 3.8) is 0 Å². The lowest BCUT2D eigenvalue weighted by Gasteiger charge is -2.28. The Balaban J connectivity index is 1.59. The molecule has 1 amide bonds. The van der Waals surface area contributed by atoms with Crippen LogP contribution in [0.3, 0.4) is 0 Å². The highest BCUT2D eigenvalue weighted by Crippen LogP contribution is 2.27. The number of hydrogen-bond donors (Lipinski definition) is 1. The number of carbonyl (C=O) groups is 1. The van der Waals surface area contributed by atoms with E-state index in [0.717, 1.165) is 34.9 Å². The van der Waals surface area contributed by atoms with Gasteiger partial charge in [0.2, 0.25) is 0 Å². The summed E-state index contributed by atoms with van der Waals surface area (Å²) in [5, 5.41) is 3.65. The minimum absolute atomic E-state index is 0.175. The molecule has 2 aromatic rings. The third kappa shape index (κ3) is 4.95. The molecule has 27 heavy (non-hydrogen) atoms. The van der Waals surface area contributed by atoms with Crippen LogP contribution in [0.2, 0.25) is 5.02 Å². The van der Waals surface area contributed by atoms with Gasteiger partial charge in [0.05, 0.1) is 0 Å². The monoisotopic (exact) mass is 386 g/mol. The molecule has 0 spiro atoms. The average molecular weight is 387 g/mol. The number of nitrogens with zero attached hydrogens (tertiary/aromatic N) is 1. The lowest BCUT2D eigenvalue weighted by molar-refractivity contribution is -0.122. The van der Waals surface area contributed by atoms with Crippen LogP contribution < -0.4 is 15.0 Å². The molecule has 2 aromatic carbocycles. The maximum absolute atomic E-state index is 12.5. The van der Waals surface area contributed by atoms with Gasteiger partial charge in [-0.2, -0.15) is 0 Å². The molecule has 0 radical (unpaired) electrons. The van der Waals surface area contributed by atoms with Crippen LogP contribution in [0.4, 0.5) is 11.4 Å². The van der Waals surface area contributed by atoms with E-state index in [0.29, 0.717) is 5.75 Å². The average Bonchev–Trinajstić information content (AvgIpc) is 2.67. The van der Waals surface area contributed by atoms with Gasteiger partial charge in [0.25, 0.3) is 5.91 Å². The molecule has 0 bridgehead atoms. The van der Waals surface area contributed by atoms with Crippen LogP contribution in [0.15, 0.2) is 36.4 Å². The Hall–Kier alpha value is -2.20. The first kappa shape index (κ1) is 19.6. The highest BCUT2D eigenvalue weighted by atomic mass is 35.5. The number of rotatable bonds is 5. The van der Waals surface area contributed by atoms with Crippen LogP contribution in [0.1, 0.15) is 37.3 Å². The van der Waals surface area contributed by atoms with E-state index in [1.807, 2.05) is 38.1 Å². The molecule has 1 heterocycles. The third-order valence-electron chi connectivity index (χ3n) is 4.95. The van der Waals surface area contributed by atoms with Crippen LogP contribution in [-0.2, 0) is 4.79 Å². The van der Waals surface area contributed by atoms with Crippen LogP contribution in [0.25, 0.3) is 0 Å². The van der Waals surface area contributed by atoms with E-state index >= 15 is 0 Å². The number of benzene rings is 2. The molecule has 0 aliphatic carbocycles. The summed E-state index contributed by atoms with van der Waals surface area (Å²) in [7, 11) is 0. The number of carbonyl (C=O) groups excluding carboxylic acids is 1. The van der Waals surface area contributed by atoms with Gasteiger partial charge in [0, 0.05) is 29.5 Å². The Morgan fingerprint density at radius 3 is 2.26 bits per heavy atom. The standard InChI is InChI=1S/C22H27ClN2O2/c1-15-13-20(14-16(2)21(15)23)27-17(3)22(26)24-18-7-9-19(10-8-18)25-11-5-4-6-12-25/h7-10,13-14,17H,4-6,11-12H2,1-3H3,(H,24,26)/t17-/m1/s1. The number of piperidine rings is 1. The van der Waals surface area contributed by atoms with Crippen molar-refractivity contribution >= 4 is 28.9 Å². The van der Waals surface area contributed by atoms with Crippen LogP contribution in [0.5, 0.6) is 5.75 Å². The Bertz CT molecular complexity index is 775. The van der Waals surface area contributed by atoms with Crippen LogP contribution in [0, 0.1) is 13.8 Å². The van der Waals surface area contributed by atoms with Crippen LogP contribution >= 0.6 is 11.6 Å². The van der Waals surface area contributed by atoms with Crippen molar-refractivity contribution in [1.82, 2.24) is 0 Å². The van der Waals surface area contributed by atoms with E-state index in [9.17, 15) is 4.79 Å². The van der Waals surface area contributed by atoms with Gasteiger partial charge in [-0.3, -0.25) is 4.79 Å². The zero-order chi connectivity index (χ0) is 19.4. The first-order valence-corrected chi connectivity index (χ1v) is 9.91. The van der Waals surface area contributed by atoms with Gasteiger partial charge in [0.15, 0.2) is 6.10 Å². The molecule has 1 aliphatic rings. The van der Waals surface area contributed by atoms with Crippen molar-refractivity contribution in [3.8, 4) is 5.75 Å². The summed E-state index contributed by atoms with van der Waals surface area (Å²) >= 11 is 6.19. The van der Waals surface area contributed by atoms with Gasteiger partial charge in [-0.1, -0.05) is 11.6 Å². The zero-order valence-corrected chi connectivity index (χ0v) is 17.0. The van der Waals surface area contributed by atoms with Crippen molar-refractivity contribution in [1.29, 1.82) is 0 Å². The molecule has 1 fully saturated rings. The smallest absolute Gasteiger partial charge is 0.265 e. The lowest BCUT2D eigenvalue weighted by Crippen LogP contribution is -2.30. The first-order valence-electron chi connectivity index (χ1n) is 9.53. The predicted molar refractivity (Wildman–Crippen MR) is 112 cm³/mol. The minimum atomic E-state index is -0.605. The second-order valence-electron chi connectivity index (χ2n) is 7.21. The highest BCUT2D eigenvalue weighted by Gasteiger charge is 2.16. The normalized spacial score (nSPS) is 15.3. The molecule has 5 heteroatoms. The summed E-state index contributed by atoms with van der Waals surface area (Å²) in [6, 6.07) is 11.7. The largest absolute Gasteiger partial charge is 0.481 e. The van der Waals surface area contributed by atoms with Crippen LogP contribution in [-0.4, -0.2) is 25.1 Å². The molecule has 3 rings (SSSR count). The Kier molecular flexibility index (Phi) is 6.27. The van der Waals surface area contributed by atoms with E-state index < -0.39 is 6.10 Å². The summed E-state index contributed by atoms with van der Waals surface area (Å²) in [5.74, 6) is 0.475. The van der Waals surface area contributed by atoms with Gasteiger partial charge >= 0.3 is 0 Å². The first-order chi connectivity index (χ1) is 12.9. The number of anilines is 2. The molecule has 1 saturated heterocycles. The molecular weight excluding hydrogens is 360 g/mol. The van der Waals surface area contributed by atoms with Gasteiger partial charge in [-0.15, -0.1) is 0 Å². The van der Waals surface area contributed by atoms with Gasteiger partial charge in [0.1, 0.15) is 5.75 Å². The van der Waals surface area contributed by atoms with E-state index in [1.54, 1.807) is 6.92 Å². The molecule has 144 valence electrons. The van der Waals surface area contributed by atoms with Gasteiger partial charge < -0.3 is 15.0 Å². The Morgan fingerprint density at radius 1 is 1.07 bits per heavy atom. The summed E-state index contributed by atoms with van der Waals surface area (Å²) in [6.45, 7) is 7.82. The van der Waals surface area contributed by atoms with Crippen molar-refractivity contribution in [2.24, 2.45) is 0 Å². The fraction of sp³-hybridized carbons (Fsp3) is 0.409. The SMILES string of the molecule is Cc1cc(O[C@H](C)C(=O)Nc2ccc(N3CCCCC3)cc2)cc(C)c1Cl. The van der Waals surface area contributed by atoms with Crippen molar-refractivity contribution in [2.45, 2.75) is 46.1 Å². The van der Waals surface area contributed by atoms with Gasteiger partial charge in [-0.25, -0.2) is 0 Å². The number of nitrogens with one attached hydrogen (secondary N) is 1. The number of aryl methyl sites for hydroxylation is 2. The maximum atomic E-state index is 12.5. The second kappa shape index (κ2) is 8.66. The summed E-state index contributed by atoms with van der Waals surface area (Å²) in [6.07, 6.45) is 3.20. The van der Waals surface area contributed by atoms with E-state index in [4.69, 9.17) is 16.3 Å². The number of halogens is 1. The quantitative estimate of drug-likeness (QED) is 0.752. The topological polar surface area (TPSA) is 41.6 Å². The minimum Gasteiger partial charge on any atom is -0.481 e. The maximum Gasteiger partial charge on any atom is 0.265 e. The second-order valence-corrected chi connectivity index (χ2v) is 7.59. The zero-order valence-electron chi connectivity index (χ0n) is 16.2. The molecule has 0 saturated carbocycles. The van der Waals surface area contributed by atoms with E-state index in [2.05, 4.69) is 22.3 Å². The van der Waals surface area contributed by atoms with Crippen molar-refractivity contribution < 1.29 is 9.53 Å². The molecule has 4 nitrogen and oxygen atoms in total. The molecule has 1 N–H and O–H groups in total. The van der Waals surface area contributed by atoms with Gasteiger partial charge in [-0.05, 0) is 87.6 Å². The van der Waals surface area contributed by atoms with Crippen molar-refractivity contribution in [2.75, 3.05) is 23.3 Å².